The summed E-state index contributed by atoms with van der Waals surface area (Å²) >= 11 is 1.45. The van der Waals surface area contributed by atoms with Crippen LogP contribution in [0.5, 0.6) is 0 Å². The van der Waals surface area contributed by atoms with E-state index < -0.39 is 0 Å². The van der Waals surface area contributed by atoms with Crippen LogP contribution in [-0.4, -0.2) is 44.4 Å². The molecule has 1 aromatic rings. The number of carbonyl (C=O) groups is 1. The van der Waals surface area contributed by atoms with E-state index in [1.807, 2.05) is 37.3 Å². The summed E-state index contributed by atoms with van der Waals surface area (Å²) in [4.78, 5) is 13.6. The fourth-order valence-corrected chi connectivity index (χ4v) is 2.41. The van der Waals surface area contributed by atoms with Gasteiger partial charge in [0.25, 0.3) is 0 Å². The number of thioether (sulfide) groups is 1. The molecule has 0 unspecified atom stereocenters. The number of hydrogen-bond acceptors (Lipinski definition) is 4. The van der Waals surface area contributed by atoms with Crippen molar-refractivity contribution in [2.24, 2.45) is 7.05 Å². The average Bonchev–Trinajstić information content (AvgIpc) is 2.69. The molecule has 6 heteroatoms. The van der Waals surface area contributed by atoms with Gasteiger partial charge < -0.3 is 9.47 Å². The largest absolute Gasteiger partial charge is 0.343 e. The van der Waals surface area contributed by atoms with E-state index in [9.17, 15) is 4.79 Å². The van der Waals surface area contributed by atoms with E-state index in [0.29, 0.717) is 5.75 Å². The Hall–Kier alpha value is -1.04. The maximum atomic E-state index is 11.8. The normalized spacial score (nSPS) is 10.6. The Morgan fingerprint density at radius 3 is 2.41 bits per heavy atom. The van der Waals surface area contributed by atoms with E-state index in [0.717, 1.165) is 30.5 Å². The first-order chi connectivity index (χ1) is 8.13. The highest BCUT2D eigenvalue weighted by molar-refractivity contribution is 7.99. The van der Waals surface area contributed by atoms with Crippen LogP contribution in [0.3, 0.4) is 0 Å². The highest BCUT2D eigenvalue weighted by Crippen LogP contribution is 2.16. The highest BCUT2D eigenvalue weighted by Gasteiger charge is 2.13. The van der Waals surface area contributed by atoms with Crippen LogP contribution >= 0.6 is 11.8 Å². The number of nitrogens with zero attached hydrogens (tertiary/aromatic N) is 4. The summed E-state index contributed by atoms with van der Waals surface area (Å²) in [5.74, 6) is 1.53. The van der Waals surface area contributed by atoms with Gasteiger partial charge >= 0.3 is 0 Å². The molecule has 1 heterocycles. The summed E-state index contributed by atoms with van der Waals surface area (Å²) in [6, 6.07) is 0. The molecule has 0 aliphatic rings. The summed E-state index contributed by atoms with van der Waals surface area (Å²) in [5.41, 5.74) is 0. The zero-order chi connectivity index (χ0) is 12.8. The Labute approximate surface area is 107 Å². The van der Waals surface area contributed by atoms with Crippen molar-refractivity contribution in [3.63, 3.8) is 0 Å². The van der Waals surface area contributed by atoms with Gasteiger partial charge in [0.1, 0.15) is 5.82 Å². The second-order valence-corrected chi connectivity index (χ2v) is 4.61. The van der Waals surface area contributed by atoms with Crippen molar-refractivity contribution in [3.8, 4) is 0 Å². The first-order valence-electron chi connectivity index (χ1n) is 5.92. The van der Waals surface area contributed by atoms with Crippen LogP contribution in [0.25, 0.3) is 0 Å². The van der Waals surface area contributed by atoms with Gasteiger partial charge in [0, 0.05) is 26.6 Å². The Bertz CT molecular complexity index is 374. The van der Waals surface area contributed by atoms with Gasteiger partial charge in [-0.15, -0.1) is 10.2 Å². The third-order valence-electron chi connectivity index (χ3n) is 2.68. The molecule has 1 amide bonds. The van der Waals surface area contributed by atoms with Crippen LogP contribution < -0.4 is 0 Å². The predicted octanol–water partition coefficient (Wildman–Crippen LogP) is 1.34. The minimum absolute atomic E-state index is 0.154. The number of hydrogen-bond donors (Lipinski definition) is 0. The molecule has 0 aromatic carbocycles. The topological polar surface area (TPSA) is 51.0 Å². The second kappa shape index (κ2) is 6.64. The van der Waals surface area contributed by atoms with Crippen LogP contribution in [-0.2, 0) is 18.3 Å². The molecule has 0 atom stereocenters. The zero-order valence-electron chi connectivity index (χ0n) is 10.9. The van der Waals surface area contributed by atoms with Crippen molar-refractivity contribution in [1.82, 2.24) is 19.7 Å². The van der Waals surface area contributed by atoms with Gasteiger partial charge in [-0.05, 0) is 13.8 Å². The van der Waals surface area contributed by atoms with Crippen molar-refractivity contribution >= 4 is 17.7 Å². The van der Waals surface area contributed by atoms with E-state index in [2.05, 4.69) is 10.2 Å². The van der Waals surface area contributed by atoms with E-state index >= 15 is 0 Å². The summed E-state index contributed by atoms with van der Waals surface area (Å²) in [7, 11) is 1.93. The molecule has 0 bridgehead atoms. The van der Waals surface area contributed by atoms with Gasteiger partial charge in [-0.25, -0.2) is 0 Å². The molecular formula is C11H20N4OS. The van der Waals surface area contributed by atoms with Gasteiger partial charge in [-0.1, -0.05) is 18.7 Å². The van der Waals surface area contributed by atoms with E-state index in [-0.39, 0.29) is 5.91 Å². The molecule has 0 aliphatic carbocycles. The predicted molar refractivity (Wildman–Crippen MR) is 69.0 cm³/mol. The number of carbonyl (C=O) groups excluding carboxylic acids is 1. The number of amides is 1. The van der Waals surface area contributed by atoms with Gasteiger partial charge in [0.05, 0.1) is 5.75 Å². The van der Waals surface area contributed by atoms with Crippen LogP contribution in [0, 0.1) is 0 Å². The Kier molecular flexibility index (Phi) is 5.47. The third-order valence-corrected chi connectivity index (χ3v) is 3.69. The number of aromatic nitrogens is 3. The molecule has 17 heavy (non-hydrogen) atoms. The summed E-state index contributed by atoms with van der Waals surface area (Å²) in [6.07, 6.45) is 0.855. The minimum Gasteiger partial charge on any atom is -0.343 e. The van der Waals surface area contributed by atoms with Crippen molar-refractivity contribution in [3.05, 3.63) is 5.82 Å². The first-order valence-corrected chi connectivity index (χ1v) is 6.91. The van der Waals surface area contributed by atoms with Crippen molar-refractivity contribution < 1.29 is 4.79 Å². The molecule has 1 rings (SSSR count). The fraction of sp³-hybridized carbons (Fsp3) is 0.727. The molecule has 0 saturated carbocycles. The summed E-state index contributed by atoms with van der Waals surface area (Å²) in [5, 5.41) is 8.95. The molecule has 0 N–H and O–H groups in total. The van der Waals surface area contributed by atoms with Crippen LogP contribution in [0.2, 0.25) is 0 Å². The standard InChI is InChI=1S/C11H20N4OS/c1-5-9-12-13-11(14(9)4)17-8-10(16)15(6-2)7-3/h5-8H2,1-4H3. The molecule has 1 aromatic heterocycles. The van der Waals surface area contributed by atoms with Crippen molar-refractivity contribution in [2.75, 3.05) is 18.8 Å². The van der Waals surface area contributed by atoms with Crippen molar-refractivity contribution in [1.29, 1.82) is 0 Å². The lowest BCUT2D eigenvalue weighted by atomic mass is 10.5. The lowest BCUT2D eigenvalue weighted by molar-refractivity contribution is -0.127. The van der Waals surface area contributed by atoms with Crippen LogP contribution in [0.1, 0.15) is 26.6 Å². The van der Waals surface area contributed by atoms with E-state index in [4.69, 9.17) is 0 Å². The molecule has 96 valence electrons. The molecule has 5 nitrogen and oxygen atoms in total. The van der Waals surface area contributed by atoms with Gasteiger partial charge in [-0.3, -0.25) is 4.79 Å². The minimum atomic E-state index is 0.154. The quantitative estimate of drug-likeness (QED) is 0.721. The fourth-order valence-electron chi connectivity index (χ4n) is 1.57. The van der Waals surface area contributed by atoms with E-state index in [1.165, 1.54) is 11.8 Å². The molecule has 0 aliphatic heterocycles. The first kappa shape index (κ1) is 14.0. The zero-order valence-corrected chi connectivity index (χ0v) is 11.8. The highest BCUT2D eigenvalue weighted by atomic mass is 32.2. The second-order valence-electron chi connectivity index (χ2n) is 3.67. The Morgan fingerprint density at radius 1 is 1.29 bits per heavy atom. The summed E-state index contributed by atoms with van der Waals surface area (Å²) < 4.78 is 1.94. The molecule has 0 saturated heterocycles. The summed E-state index contributed by atoms with van der Waals surface area (Å²) in [6.45, 7) is 7.54. The lowest BCUT2D eigenvalue weighted by Gasteiger charge is -2.17. The van der Waals surface area contributed by atoms with Gasteiger partial charge in [0.15, 0.2) is 5.16 Å². The molecule has 0 spiro atoms. The molecule has 0 fully saturated rings. The lowest BCUT2D eigenvalue weighted by Crippen LogP contribution is -2.31. The van der Waals surface area contributed by atoms with E-state index in [1.54, 1.807) is 0 Å². The smallest absolute Gasteiger partial charge is 0.233 e. The number of rotatable bonds is 6. The van der Waals surface area contributed by atoms with Crippen LogP contribution in [0.4, 0.5) is 0 Å². The monoisotopic (exact) mass is 256 g/mol. The van der Waals surface area contributed by atoms with Crippen molar-refractivity contribution in [2.45, 2.75) is 32.3 Å². The SMILES string of the molecule is CCc1nnc(SCC(=O)N(CC)CC)n1C. The molecular weight excluding hydrogens is 236 g/mol. The number of aryl methyl sites for hydroxylation is 1. The van der Waals surface area contributed by atoms with Gasteiger partial charge in [-0.2, -0.15) is 0 Å². The Morgan fingerprint density at radius 2 is 1.94 bits per heavy atom. The van der Waals surface area contributed by atoms with Crippen LogP contribution in [0.15, 0.2) is 5.16 Å². The Balaban J connectivity index is 2.55. The van der Waals surface area contributed by atoms with Gasteiger partial charge in [0.2, 0.25) is 5.91 Å². The average molecular weight is 256 g/mol. The third kappa shape index (κ3) is 3.46. The molecule has 0 radical (unpaired) electrons. The maximum Gasteiger partial charge on any atom is 0.233 e. The maximum absolute atomic E-state index is 11.8.